The van der Waals surface area contributed by atoms with E-state index in [9.17, 15) is 40.3 Å². The number of primary amides is 1. The van der Waals surface area contributed by atoms with Crippen LogP contribution in [0.15, 0.2) is 85.9 Å². The second-order valence-corrected chi connectivity index (χ2v) is 20.8. The maximum Gasteiger partial charge on any atom is 0.319 e. The molecule has 17 nitrogen and oxygen atoms in total. The minimum absolute atomic E-state index is 0.0220. The fraction of sp³-hybridized carbons (Fsp3) is 0.346. The number of fused-ring (bicyclic) bond motifs is 2. The van der Waals surface area contributed by atoms with Crippen LogP contribution in [0.1, 0.15) is 104 Å². The number of nitrogens with one attached hydrogen (secondary N) is 4. The van der Waals surface area contributed by atoms with Crippen molar-refractivity contribution in [1.82, 2.24) is 5.32 Å². The lowest BCUT2D eigenvalue weighted by Crippen LogP contribution is -2.30. The molecule has 19 heteroatoms. The Morgan fingerprint density at radius 3 is 1.83 bits per heavy atom. The summed E-state index contributed by atoms with van der Waals surface area (Å²) in [5, 5.41) is 20.8. The van der Waals surface area contributed by atoms with Crippen molar-refractivity contribution in [2.45, 2.75) is 122 Å². The van der Waals surface area contributed by atoms with Crippen molar-refractivity contribution < 1.29 is 49.8 Å². The van der Waals surface area contributed by atoms with Gasteiger partial charge in [0.25, 0.3) is 20.2 Å². The Kier molecular flexibility index (Phi) is 17.3. The number of hydrogen-bond donors (Lipinski definition) is 8. The van der Waals surface area contributed by atoms with Crippen LogP contribution in [0.5, 0.6) is 0 Å². The van der Waals surface area contributed by atoms with Crippen LogP contribution in [0.25, 0.3) is 33.4 Å². The van der Waals surface area contributed by atoms with Gasteiger partial charge in [-0.15, -0.1) is 0 Å². The SMILES string of the molecule is Cc1cc(C)c(NC(=O)NCCCCCCCCCCCCC(=O)O)c(C)c1N=c1cc2oc3cc(Nc4c(C)cc(C)c(NC(N)=O)c4C)ccc3c(-c3ccccc3S(=O)(=O)O)c-2cc1S(=O)(=O)O. The Morgan fingerprint density at radius 1 is 0.634 bits per heavy atom. The first-order valence-corrected chi connectivity index (χ1v) is 26.4. The van der Waals surface area contributed by atoms with Crippen molar-refractivity contribution in [2.24, 2.45) is 10.7 Å². The number of aliphatic carboxylic acids is 1. The molecule has 0 saturated carbocycles. The third-order valence-corrected chi connectivity index (χ3v) is 14.3. The molecule has 2 aliphatic rings. The van der Waals surface area contributed by atoms with Gasteiger partial charge in [0.05, 0.1) is 22.4 Å². The van der Waals surface area contributed by atoms with E-state index in [0.717, 1.165) is 87.0 Å². The summed E-state index contributed by atoms with van der Waals surface area (Å²) in [5.41, 5.74) is 12.7. The zero-order chi connectivity index (χ0) is 51.8. The normalized spacial score (nSPS) is 12.1. The van der Waals surface area contributed by atoms with Gasteiger partial charge in [0.1, 0.15) is 21.1 Å². The number of aryl methyl sites for hydroxylation is 4. The van der Waals surface area contributed by atoms with Crippen LogP contribution in [0.2, 0.25) is 0 Å². The van der Waals surface area contributed by atoms with Crippen molar-refractivity contribution in [3.05, 3.63) is 105 Å². The highest BCUT2D eigenvalue weighted by Gasteiger charge is 2.27. The predicted octanol–water partition coefficient (Wildman–Crippen LogP) is 11.5. The van der Waals surface area contributed by atoms with Crippen LogP contribution < -0.4 is 32.4 Å². The summed E-state index contributed by atoms with van der Waals surface area (Å²) < 4.78 is 80.1. The second kappa shape index (κ2) is 23.0. The topological polar surface area (TPSA) is 280 Å². The number of carboxylic acid groups (broad SMARTS) is 1. The molecule has 9 N–H and O–H groups in total. The molecule has 1 aliphatic heterocycles. The van der Waals surface area contributed by atoms with Crippen molar-refractivity contribution in [2.75, 3.05) is 22.5 Å². The van der Waals surface area contributed by atoms with Crippen LogP contribution in [0.4, 0.5) is 38.0 Å². The Hall–Kier alpha value is -6.80. The van der Waals surface area contributed by atoms with Gasteiger partial charge >= 0.3 is 18.0 Å². The number of carbonyl (C=O) groups is 3. The minimum atomic E-state index is -5.03. The fourth-order valence-electron chi connectivity index (χ4n) is 9.14. The van der Waals surface area contributed by atoms with Crippen LogP contribution in [-0.2, 0) is 25.0 Å². The molecule has 378 valence electrons. The molecule has 0 spiro atoms. The molecule has 0 saturated heterocycles. The highest BCUT2D eigenvalue weighted by Crippen LogP contribution is 2.44. The molecular formula is C52H62N6O11S2. The number of nitrogens with two attached hydrogens (primary N) is 1. The smallest absolute Gasteiger partial charge is 0.319 e. The largest absolute Gasteiger partial charge is 0.481 e. The first-order valence-electron chi connectivity index (χ1n) is 23.5. The van der Waals surface area contributed by atoms with Crippen LogP contribution in [0.3, 0.4) is 0 Å². The summed E-state index contributed by atoms with van der Waals surface area (Å²) in [4.78, 5) is 39.4. The number of unbranched alkanes of at least 4 members (excludes halogenated alkanes) is 9. The molecule has 0 atom stereocenters. The van der Waals surface area contributed by atoms with E-state index in [-0.39, 0.29) is 39.8 Å². The molecule has 4 aromatic carbocycles. The maximum atomic E-state index is 13.3. The first kappa shape index (κ1) is 53.5. The zero-order valence-corrected chi connectivity index (χ0v) is 42.4. The van der Waals surface area contributed by atoms with E-state index < -0.39 is 48.1 Å². The van der Waals surface area contributed by atoms with Gasteiger partial charge < -0.3 is 36.5 Å². The number of rotatable bonds is 21. The number of carboxylic acids is 1. The van der Waals surface area contributed by atoms with Gasteiger partial charge in [-0.2, -0.15) is 16.8 Å². The van der Waals surface area contributed by atoms with E-state index >= 15 is 0 Å². The minimum Gasteiger partial charge on any atom is -0.481 e. The monoisotopic (exact) mass is 1010 g/mol. The number of nitrogens with zero attached hydrogens (tertiary/aromatic N) is 1. The number of carbonyl (C=O) groups excluding carboxylic acids is 2. The Bertz CT molecular complexity index is 3280. The summed E-state index contributed by atoms with van der Waals surface area (Å²) >= 11 is 0. The van der Waals surface area contributed by atoms with Gasteiger partial charge in [0.2, 0.25) is 0 Å². The number of hydrogen-bond acceptors (Lipinski definition) is 10. The van der Waals surface area contributed by atoms with Crippen molar-refractivity contribution in [3.8, 4) is 22.5 Å². The van der Waals surface area contributed by atoms with Gasteiger partial charge in [-0.3, -0.25) is 13.9 Å². The average molecular weight is 1010 g/mol. The molecule has 6 rings (SSSR count). The molecule has 1 heterocycles. The summed E-state index contributed by atoms with van der Waals surface area (Å²) in [6, 6.07) is 15.7. The summed E-state index contributed by atoms with van der Waals surface area (Å²) in [6.45, 7) is 11.4. The van der Waals surface area contributed by atoms with Crippen LogP contribution >= 0.6 is 0 Å². The van der Waals surface area contributed by atoms with E-state index in [1.807, 2.05) is 33.8 Å². The Morgan fingerprint density at radius 2 is 1.21 bits per heavy atom. The molecular weight excluding hydrogens is 949 g/mol. The predicted molar refractivity (Wildman–Crippen MR) is 276 cm³/mol. The standard InChI is InChI=1S/C52H62N6O11S2/c1-30-25-32(3)49(57-51(53)61)34(5)47(30)55-36-22-23-37-41(27-36)69-42-29-40(44(71(66,67)68)28-39(42)46(37)38-19-16-17-20-43(38)70(63,64)65)56-48-31(2)26-33(4)50(35(48)6)58-52(62)54-24-18-14-12-10-8-7-9-11-13-15-21-45(59)60/h16-17,19-20,22-23,25-29,55H,7-15,18,21,24H2,1-6H3,(H,59,60)(H3,53,57,61)(H2,54,58,62)(H,63,64,65)(H,66,67,68). The highest BCUT2D eigenvalue weighted by molar-refractivity contribution is 7.86. The number of benzene rings is 5. The lowest BCUT2D eigenvalue weighted by Gasteiger charge is -2.20. The van der Waals surface area contributed by atoms with E-state index in [2.05, 4.69) is 21.3 Å². The van der Waals surface area contributed by atoms with Gasteiger partial charge in [-0.25, -0.2) is 14.6 Å². The van der Waals surface area contributed by atoms with Crippen molar-refractivity contribution in [1.29, 1.82) is 0 Å². The van der Waals surface area contributed by atoms with E-state index in [0.29, 0.717) is 57.1 Å². The summed E-state index contributed by atoms with van der Waals surface area (Å²) in [6.07, 6.45) is 10.1. The molecule has 0 fully saturated rings. The lowest BCUT2D eigenvalue weighted by molar-refractivity contribution is -0.137. The number of anilines is 4. The maximum absolute atomic E-state index is 13.3. The number of urea groups is 2. The molecule has 71 heavy (non-hydrogen) atoms. The first-order chi connectivity index (χ1) is 33.5. The molecule has 1 aliphatic carbocycles. The quantitative estimate of drug-likeness (QED) is 0.0190. The molecule has 4 amide bonds. The van der Waals surface area contributed by atoms with Gasteiger partial charge in [0.15, 0.2) is 0 Å². The van der Waals surface area contributed by atoms with Crippen molar-refractivity contribution in [3.63, 3.8) is 0 Å². The van der Waals surface area contributed by atoms with Gasteiger partial charge in [-0.1, -0.05) is 81.7 Å². The third kappa shape index (κ3) is 13.3. The summed E-state index contributed by atoms with van der Waals surface area (Å²) in [5.74, 6) is -0.706. The Balaban J connectivity index is 1.36. The van der Waals surface area contributed by atoms with Crippen LogP contribution in [-0.4, -0.2) is 55.6 Å². The number of amides is 4. The molecule has 0 radical (unpaired) electrons. The van der Waals surface area contributed by atoms with E-state index in [4.69, 9.17) is 20.2 Å². The molecule has 0 aromatic heterocycles. The zero-order valence-electron chi connectivity index (χ0n) is 40.8. The average Bonchev–Trinajstić information content (AvgIpc) is 3.29. The van der Waals surface area contributed by atoms with E-state index in [1.165, 1.54) is 24.3 Å². The fourth-order valence-corrected chi connectivity index (χ4v) is 10.5. The molecule has 4 aromatic rings. The van der Waals surface area contributed by atoms with Gasteiger partial charge in [-0.05, 0) is 112 Å². The lowest BCUT2D eigenvalue weighted by atomic mass is 9.93. The highest BCUT2D eigenvalue weighted by atomic mass is 32.2. The van der Waals surface area contributed by atoms with Crippen molar-refractivity contribution >= 4 is 77.7 Å². The Labute approximate surface area is 414 Å². The molecule has 0 unspecified atom stereocenters. The van der Waals surface area contributed by atoms with E-state index in [1.54, 1.807) is 44.2 Å². The molecule has 0 bridgehead atoms. The second-order valence-electron chi connectivity index (χ2n) is 18.0. The van der Waals surface area contributed by atoms with Gasteiger partial charge in [0, 0.05) is 58.5 Å². The van der Waals surface area contributed by atoms with Crippen LogP contribution in [0, 0.1) is 41.5 Å². The summed E-state index contributed by atoms with van der Waals surface area (Å²) in [7, 11) is -9.87. The third-order valence-electron chi connectivity index (χ3n) is 12.5.